The number of imidazole rings is 1. The molecule has 3 N–H and O–H groups in total. The van der Waals surface area contributed by atoms with Gasteiger partial charge in [0.1, 0.15) is 0 Å². The standard InChI is InChI=1S/C13H20N4O2/c1-8-2-3-17(6-12(8)18)13(19)10-4-9-11(5-14-10)16-7-15-9/h7-8,10,12,14,18H,2-6H2,1H3,(H,15,16). The Morgan fingerprint density at radius 1 is 1.58 bits per heavy atom. The van der Waals surface area contributed by atoms with Gasteiger partial charge in [-0.3, -0.25) is 10.1 Å². The van der Waals surface area contributed by atoms with E-state index in [2.05, 4.69) is 15.3 Å². The molecule has 0 saturated carbocycles. The van der Waals surface area contributed by atoms with Crippen molar-refractivity contribution in [3.05, 3.63) is 17.7 Å². The maximum Gasteiger partial charge on any atom is 0.240 e. The van der Waals surface area contributed by atoms with Crippen LogP contribution in [-0.4, -0.2) is 51.1 Å². The Morgan fingerprint density at radius 3 is 3.21 bits per heavy atom. The Balaban J connectivity index is 1.65. The van der Waals surface area contributed by atoms with Crippen LogP contribution >= 0.6 is 0 Å². The molecule has 104 valence electrons. The van der Waals surface area contributed by atoms with Crippen molar-refractivity contribution in [1.82, 2.24) is 20.2 Å². The number of carbonyl (C=O) groups excluding carboxylic acids is 1. The normalized spacial score (nSPS) is 31.1. The highest BCUT2D eigenvalue weighted by molar-refractivity contribution is 5.82. The minimum Gasteiger partial charge on any atom is -0.391 e. The summed E-state index contributed by atoms with van der Waals surface area (Å²) in [5.41, 5.74) is 2.04. The van der Waals surface area contributed by atoms with Gasteiger partial charge in [0, 0.05) is 26.1 Å². The molecule has 0 aromatic carbocycles. The van der Waals surface area contributed by atoms with Gasteiger partial charge in [0.15, 0.2) is 0 Å². The number of fused-ring (bicyclic) bond motifs is 1. The molecule has 1 aromatic heterocycles. The van der Waals surface area contributed by atoms with E-state index in [0.29, 0.717) is 19.5 Å². The molecule has 2 aliphatic rings. The van der Waals surface area contributed by atoms with Gasteiger partial charge in [-0.1, -0.05) is 6.92 Å². The average Bonchev–Trinajstić information content (AvgIpc) is 2.88. The van der Waals surface area contributed by atoms with Crippen molar-refractivity contribution in [1.29, 1.82) is 0 Å². The quantitative estimate of drug-likeness (QED) is 0.648. The van der Waals surface area contributed by atoms with Crippen LogP contribution in [0.3, 0.4) is 0 Å². The summed E-state index contributed by atoms with van der Waals surface area (Å²) < 4.78 is 0. The van der Waals surface area contributed by atoms with E-state index in [1.54, 1.807) is 11.2 Å². The van der Waals surface area contributed by atoms with Crippen molar-refractivity contribution in [2.45, 2.75) is 38.5 Å². The molecule has 2 aliphatic heterocycles. The zero-order valence-corrected chi connectivity index (χ0v) is 11.1. The second-order valence-electron chi connectivity index (χ2n) is 5.58. The van der Waals surface area contributed by atoms with E-state index in [-0.39, 0.29) is 17.9 Å². The lowest BCUT2D eigenvalue weighted by molar-refractivity contribution is -0.137. The lowest BCUT2D eigenvalue weighted by Gasteiger charge is -2.37. The van der Waals surface area contributed by atoms with Crippen LogP contribution in [0.15, 0.2) is 6.33 Å². The molecular formula is C13H20N4O2. The molecule has 6 heteroatoms. The number of hydrogen-bond acceptors (Lipinski definition) is 4. The van der Waals surface area contributed by atoms with Gasteiger partial charge in [-0.2, -0.15) is 0 Å². The van der Waals surface area contributed by atoms with E-state index in [1.807, 2.05) is 6.92 Å². The molecule has 1 fully saturated rings. The topological polar surface area (TPSA) is 81.2 Å². The number of hydrogen-bond donors (Lipinski definition) is 3. The number of aliphatic hydroxyl groups excluding tert-OH is 1. The van der Waals surface area contributed by atoms with Gasteiger partial charge >= 0.3 is 0 Å². The molecule has 1 amide bonds. The first-order valence-corrected chi connectivity index (χ1v) is 6.86. The number of carbonyl (C=O) groups is 1. The molecule has 3 atom stereocenters. The maximum absolute atomic E-state index is 12.5. The van der Waals surface area contributed by atoms with Gasteiger partial charge in [0.2, 0.25) is 5.91 Å². The molecule has 1 saturated heterocycles. The number of piperidine rings is 1. The molecule has 0 aliphatic carbocycles. The van der Waals surface area contributed by atoms with Crippen LogP contribution in [0.4, 0.5) is 0 Å². The first-order chi connectivity index (χ1) is 9.15. The zero-order chi connectivity index (χ0) is 13.4. The molecular weight excluding hydrogens is 244 g/mol. The highest BCUT2D eigenvalue weighted by atomic mass is 16.3. The van der Waals surface area contributed by atoms with Crippen LogP contribution in [0.5, 0.6) is 0 Å². The number of β-amino-alcohol motifs (C(OH)–C–C–N with tert-alkyl or cyclic N) is 1. The first-order valence-electron chi connectivity index (χ1n) is 6.86. The summed E-state index contributed by atoms with van der Waals surface area (Å²) in [4.78, 5) is 21.5. The van der Waals surface area contributed by atoms with Gasteiger partial charge in [-0.25, -0.2) is 4.98 Å². The predicted molar refractivity (Wildman–Crippen MR) is 69.3 cm³/mol. The van der Waals surface area contributed by atoms with Gasteiger partial charge in [0.05, 0.1) is 29.9 Å². The number of H-pyrrole nitrogens is 1. The second-order valence-corrected chi connectivity index (χ2v) is 5.58. The molecule has 0 radical (unpaired) electrons. The number of rotatable bonds is 1. The summed E-state index contributed by atoms with van der Waals surface area (Å²) in [6.45, 7) is 3.87. The third-order valence-electron chi connectivity index (χ3n) is 4.26. The monoisotopic (exact) mass is 264 g/mol. The molecule has 19 heavy (non-hydrogen) atoms. The Kier molecular flexibility index (Phi) is 3.28. The highest BCUT2D eigenvalue weighted by Crippen LogP contribution is 2.20. The predicted octanol–water partition coefficient (Wildman–Crippen LogP) is -0.347. The molecule has 0 spiro atoms. The summed E-state index contributed by atoms with van der Waals surface area (Å²) in [6, 6.07) is -0.212. The number of aromatic amines is 1. The van der Waals surface area contributed by atoms with Crippen molar-refractivity contribution in [2.75, 3.05) is 13.1 Å². The molecule has 6 nitrogen and oxygen atoms in total. The van der Waals surface area contributed by atoms with E-state index in [9.17, 15) is 9.90 Å². The van der Waals surface area contributed by atoms with Gasteiger partial charge in [-0.05, 0) is 12.3 Å². The van der Waals surface area contributed by atoms with E-state index in [4.69, 9.17) is 0 Å². The van der Waals surface area contributed by atoms with Crippen LogP contribution in [-0.2, 0) is 17.8 Å². The summed E-state index contributed by atoms with van der Waals surface area (Å²) in [7, 11) is 0. The molecule has 0 bridgehead atoms. The third kappa shape index (κ3) is 2.37. The number of aromatic nitrogens is 2. The van der Waals surface area contributed by atoms with Crippen LogP contribution in [0.1, 0.15) is 24.7 Å². The van der Waals surface area contributed by atoms with E-state index in [1.165, 1.54) is 0 Å². The number of amides is 1. The van der Waals surface area contributed by atoms with Crippen LogP contribution in [0, 0.1) is 5.92 Å². The Bertz CT molecular complexity index is 473. The summed E-state index contributed by atoms with van der Waals surface area (Å²) in [6.07, 6.45) is 2.76. The molecule has 1 aromatic rings. The summed E-state index contributed by atoms with van der Waals surface area (Å²) in [5.74, 6) is 0.362. The third-order valence-corrected chi connectivity index (χ3v) is 4.26. The fourth-order valence-corrected chi connectivity index (χ4v) is 2.81. The zero-order valence-electron chi connectivity index (χ0n) is 11.1. The summed E-state index contributed by atoms with van der Waals surface area (Å²) in [5, 5.41) is 13.1. The van der Waals surface area contributed by atoms with Crippen LogP contribution in [0.25, 0.3) is 0 Å². The number of nitrogens with zero attached hydrogens (tertiary/aromatic N) is 2. The van der Waals surface area contributed by atoms with Crippen molar-refractivity contribution in [2.24, 2.45) is 5.92 Å². The van der Waals surface area contributed by atoms with E-state index >= 15 is 0 Å². The minimum atomic E-state index is -0.401. The van der Waals surface area contributed by atoms with Crippen LogP contribution < -0.4 is 5.32 Å². The fourth-order valence-electron chi connectivity index (χ4n) is 2.81. The van der Waals surface area contributed by atoms with Gasteiger partial charge < -0.3 is 15.0 Å². The molecule has 3 rings (SSSR count). The van der Waals surface area contributed by atoms with Gasteiger partial charge in [-0.15, -0.1) is 0 Å². The van der Waals surface area contributed by atoms with E-state index < -0.39 is 6.10 Å². The van der Waals surface area contributed by atoms with E-state index in [0.717, 1.165) is 24.4 Å². The minimum absolute atomic E-state index is 0.0830. The van der Waals surface area contributed by atoms with Crippen molar-refractivity contribution >= 4 is 5.91 Å². The fraction of sp³-hybridized carbons (Fsp3) is 0.692. The molecule has 3 heterocycles. The first kappa shape index (κ1) is 12.6. The van der Waals surface area contributed by atoms with Crippen molar-refractivity contribution < 1.29 is 9.90 Å². The Labute approximate surface area is 112 Å². The summed E-state index contributed by atoms with van der Waals surface area (Å²) >= 11 is 0. The Hall–Kier alpha value is -1.40. The highest BCUT2D eigenvalue weighted by Gasteiger charge is 2.33. The lowest BCUT2D eigenvalue weighted by atomic mass is 9.95. The maximum atomic E-state index is 12.5. The molecule has 3 unspecified atom stereocenters. The largest absolute Gasteiger partial charge is 0.391 e. The van der Waals surface area contributed by atoms with Crippen LogP contribution in [0.2, 0.25) is 0 Å². The van der Waals surface area contributed by atoms with Crippen molar-refractivity contribution in [3.63, 3.8) is 0 Å². The lowest BCUT2D eigenvalue weighted by Crippen LogP contribution is -2.54. The SMILES string of the molecule is CC1CCN(C(=O)C2Cc3nc[nH]c3CN2)CC1O. The average molecular weight is 264 g/mol. The second kappa shape index (κ2) is 4.94. The number of aliphatic hydroxyl groups is 1. The number of nitrogens with one attached hydrogen (secondary N) is 2. The number of likely N-dealkylation sites (tertiary alicyclic amines) is 1. The Morgan fingerprint density at radius 2 is 2.42 bits per heavy atom. The smallest absolute Gasteiger partial charge is 0.240 e. The van der Waals surface area contributed by atoms with Crippen molar-refractivity contribution in [3.8, 4) is 0 Å². The van der Waals surface area contributed by atoms with Gasteiger partial charge in [0.25, 0.3) is 0 Å².